The van der Waals surface area contributed by atoms with Crippen LogP contribution in [0.4, 0.5) is 0 Å². The molecular formula is C36H64Cl2N4Rh-4. The van der Waals surface area contributed by atoms with Gasteiger partial charge in [-0.2, -0.15) is 0 Å². The predicted molar refractivity (Wildman–Crippen MR) is 184 cm³/mol. The van der Waals surface area contributed by atoms with E-state index in [-0.39, 0.29) is 15.1 Å². The molecule has 0 aromatic carbocycles. The Hall–Kier alpha value is 1.04. The Morgan fingerprint density at radius 2 is 0.488 bits per heavy atom. The SMILES string of the molecule is C1CCC2C[N-]CCC2C1.C1CCC2C[N-]CCC2C1.C1CCC2C[N-]CCC2C1.C1CCC2C[N-]CCC2C1.[Cl][Rh][Cl]. The van der Waals surface area contributed by atoms with Crippen LogP contribution in [-0.2, 0) is 15.1 Å². The average Bonchev–Trinajstić information content (AvgIpc) is 3.10. The van der Waals surface area contributed by atoms with E-state index in [9.17, 15) is 0 Å². The topological polar surface area (TPSA) is 56.4 Å². The van der Waals surface area contributed by atoms with Gasteiger partial charge in [0.05, 0.1) is 0 Å². The fraction of sp³-hybridized carbons (Fsp3) is 1.00. The van der Waals surface area contributed by atoms with Gasteiger partial charge in [0.15, 0.2) is 0 Å². The van der Waals surface area contributed by atoms with Crippen molar-refractivity contribution in [3.8, 4) is 0 Å². The molecule has 8 unspecified atom stereocenters. The van der Waals surface area contributed by atoms with E-state index in [0.717, 1.165) is 73.5 Å². The van der Waals surface area contributed by atoms with Gasteiger partial charge < -0.3 is 21.3 Å². The third kappa shape index (κ3) is 13.6. The Bertz CT molecular complexity index is 486. The molecule has 43 heavy (non-hydrogen) atoms. The Balaban J connectivity index is 0.000000127. The van der Waals surface area contributed by atoms with Gasteiger partial charge in [-0.05, 0) is 23.7 Å². The van der Waals surface area contributed by atoms with Crippen LogP contribution in [0.15, 0.2) is 0 Å². The number of hydrogen-bond acceptors (Lipinski definition) is 0. The molecule has 8 atom stereocenters. The monoisotopic (exact) mass is 725 g/mol. The summed E-state index contributed by atoms with van der Waals surface area (Å²) < 4.78 is 0. The van der Waals surface area contributed by atoms with Gasteiger partial charge >= 0.3 is 34.5 Å². The summed E-state index contributed by atoms with van der Waals surface area (Å²) in [5.74, 6) is 8.20. The molecular weight excluding hydrogens is 662 g/mol. The third-order valence-corrected chi connectivity index (χ3v) is 12.4. The summed E-state index contributed by atoms with van der Waals surface area (Å²) in [5.41, 5.74) is 0. The molecule has 8 aliphatic rings. The predicted octanol–water partition coefficient (Wildman–Crippen LogP) is 11.7. The van der Waals surface area contributed by atoms with Crippen molar-refractivity contribution in [2.75, 3.05) is 52.4 Å². The molecule has 4 aliphatic carbocycles. The van der Waals surface area contributed by atoms with Crippen molar-refractivity contribution in [3.63, 3.8) is 0 Å². The fourth-order valence-corrected chi connectivity index (χ4v) is 9.68. The number of rotatable bonds is 0. The quantitative estimate of drug-likeness (QED) is 0.223. The van der Waals surface area contributed by atoms with Crippen LogP contribution >= 0.6 is 19.4 Å². The van der Waals surface area contributed by atoms with Gasteiger partial charge in [0, 0.05) is 0 Å². The first-order valence-electron chi connectivity index (χ1n) is 18.6. The van der Waals surface area contributed by atoms with Crippen molar-refractivity contribution in [2.24, 2.45) is 47.3 Å². The van der Waals surface area contributed by atoms with Crippen molar-refractivity contribution < 1.29 is 15.1 Å². The molecule has 4 saturated heterocycles. The van der Waals surface area contributed by atoms with Crippen LogP contribution in [0, 0.1) is 47.3 Å². The van der Waals surface area contributed by atoms with Crippen molar-refractivity contribution in [1.82, 2.24) is 0 Å². The van der Waals surface area contributed by atoms with Crippen LogP contribution in [0.1, 0.15) is 128 Å². The van der Waals surface area contributed by atoms with E-state index < -0.39 is 0 Å². The van der Waals surface area contributed by atoms with Gasteiger partial charge in [0.25, 0.3) is 0 Å². The molecule has 8 fully saturated rings. The van der Waals surface area contributed by atoms with Crippen LogP contribution in [-0.4, -0.2) is 52.4 Å². The number of nitrogens with zero attached hydrogens (tertiary/aromatic N) is 4. The van der Waals surface area contributed by atoms with E-state index in [0.29, 0.717) is 0 Å². The summed E-state index contributed by atoms with van der Waals surface area (Å²) in [4.78, 5) is 0. The van der Waals surface area contributed by atoms with Gasteiger partial charge in [-0.25, -0.2) is 0 Å². The van der Waals surface area contributed by atoms with E-state index >= 15 is 0 Å². The molecule has 255 valence electrons. The molecule has 0 bridgehead atoms. The van der Waals surface area contributed by atoms with Crippen LogP contribution in [0.2, 0.25) is 0 Å². The fourth-order valence-electron chi connectivity index (χ4n) is 9.68. The molecule has 0 aromatic heterocycles. The second-order valence-electron chi connectivity index (χ2n) is 14.9. The second-order valence-corrected chi connectivity index (χ2v) is 17.4. The zero-order valence-electron chi connectivity index (χ0n) is 27.3. The maximum atomic E-state index is 4.83. The molecule has 7 heteroatoms. The number of halogens is 2. The molecule has 4 heterocycles. The van der Waals surface area contributed by atoms with Crippen molar-refractivity contribution >= 4 is 19.4 Å². The molecule has 4 nitrogen and oxygen atoms in total. The van der Waals surface area contributed by atoms with Gasteiger partial charge in [-0.3, -0.25) is 0 Å². The zero-order valence-corrected chi connectivity index (χ0v) is 30.4. The van der Waals surface area contributed by atoms with Crippen molar-refractivity contribution in [2.45, 2.75) is 128 Å². The molecule has 4 saturated carbocycles. The summed E-state index contributed by atoms with van der Waals surface area (Å²) in [7, 11) is 9.67. The first kappa shape index (κ1) is 36.9. The van der Waals surface area contributed by atoms with E-state index in [1.165, 1.54) is 155 Å². The average molecular weight is 727 g/mol. The summed E-state index contributed by atoms with van der Waals surface area (Å²) in [6, 6.07) is 0. The van der Waals surface area contributed by atoms with Crippen LogP contribution in [0.25, 0.3) is 21.3 Å². The molecule has 0 radical (unpaired) electrons. The second kappa shape index (κ2) is 22.6. The summed E-state index contributed by atoms with van der Waals surface area (Å²) >= 11 is -0.226. The molecule has 4 aliphatic heterocycles. The van der Waals surface area contributed by atoms with E-state index in [1.54, 1.807) is 0 Å². The van der Waals surface area contributed by atoms with Gasteiger partial charge in [-0.15, -0.1) is 52.4 Å². The van der Waals surface area contributed by atoms with Gasteiger partial charge in [0.1, 0.15) is 0 Å². The first-order valence-corrected chi connectivity index (χ1v) is 22.9. The number of piperidine rings is 4. The van der Waals surface area contributed by atoms with Crippen molar-refractivity contribution in [1.29, 1.82) is 0 Å². The zero-order chi connectivity index (χ0) is 30.0. The molecule has 0 N–H and O–H groups in total. The van der Waals surface area contributed by atoms with E-state index in [2.05, 4.69) is 21.3 Å². The Morgan fingerprint density at radius 3 is 0.674 bits per heavy atom. The minimum absolute atomic E-state index is 0.226. The normalized spacial score (nSPS) is 38.5. The van der Waals surface area contributed by atoms with Crippen LogP contribution in [0.5, 0.6) is 0 Å². The third-order valence-electron chi connectivity index (χ3n) is 12.4. The minimum atomic E-state index is -0.226. The number of fused-ring (bicyclic) bond motifs is 4. The summed E-state index contributed by atoms with van der Waals surface area (Å²) in [6.07, 6.45) is 29.3. The molecule has 0 amide bonds. The standard InChI is InChI=1S/4C9H16N.2ClH.Rh/c4*1-2-4-9-7-10-6-5-8(9)3-1;;;/h4*8-9H,1-7H2;2*1H;/q4*-1;;;+2/p-2. The van der Waals surface area contributed by atoms with Crippen LogP contribution in [0.3, 0.4) is 0 Å². The van der Waals surface area contributed by atoms with E-state index in [4.69, 9.17) is 19.4 Å². The van der Waals surface area contributed by atoms with E-state index in [1.807, 2.05) is 0 Å². The Morgan fingerprint density at radius 1 is 0.302 bits per heavy atom. The molecule has 8 rings (SSSR count). The molecule has 0 spiro atoms. The number of hydrogen-bond donors (Lipinski definition) is 0. The van der Waals surface area contributed by atoms with Crippen LogP contribution < -0.4 is 0 Å². The van der Waals surface area contributed by atoms with Gasteiger partial charge in [-0.1, -0.05) is 152 Å². The maximum absolute atomic E-state index is 4.83. The Labute approximate surface area is 282 Å². The van der Waals surface area contributed by atoms with Crippen molar-refractivity contribution in [3.05, 3.63) is 21.3 Å². The summed E-state index contributed by atoms with van der Waals surface area (Å²) in [6.45, 7) is 9.36. The first-order chi connectivity index (χ1) is 21.3. The summed E-state index contributed by atoms with van der Waals surface area (Å²) in [5, 5.41) is 17.8. The van der Waals surface area contributed by atoms with Gasteiger partial charge in [0.2, 0.25) is 0 Å². The molecule has 0 aromatic rings. The Kier molecular flexibility index (Phi) is 19.4.